The third-order valence-electron chi connectivity index (χ3n) is 3.50. The molecule has 1 saturated carbocycles. The number of likely N-dealkylation sites (tertiary alicyclic amines) is 1. The zero-order valence-electron chi connectivity index (χ0n) is 8.24. The summed E-state index contributed by atoms with van der Waals surface area (Å²) in [5.41, 5.74) is 0.462. The molecule has 2 rings (SSSR count). The van der Waals surface area contributed by atoms with Crippen molar-refractivity contribution in [2.24, 2.45) is 5.41 Å². The van der Waals surface area contributed by atoms with Crippen LogP contribution >= 0.6 is 0 Å². The molecule has 0 radical (unpaired) electrons. The average molecular weight is 185 g/mol. The maximum Gasteiger partial charge on any atom is 0.0938 e. The number of hydrogen-bond donors (Lipinski definition) is 2. The van der Waals surface area contributed by atoms with E-state index in [1.54, 1.807) is 0 Å². The monoisotopic (exact) mass is 185 g/mol. The first kappa shape index (κ1) is 9.44. The van der Waals surface area contributed by atoms with Crippen molar-refractivity contribution in [3.8, 4) is 0 Å². The van der Waals surface area contributed by atoms with E-state index in [0.29, 0.717) is 18.5 Å². The first-order valence-electron chi connectivity index (χ1n) is 5.18. The van der Waals surface area contributed by atoms with Crippen molar-refractivity contribution in [1.29, 1.82) is 0 Å². The Balaban J connectivity index is 1.83. The van der Waals surface area contributed by atoms with Gasteiger partial charge in [-0.3, -0.25) is 4.90 Å². The van der Waals surface area contributed by atoms with E-state index in [2.05, 4.69) is 11.8 Å². The highest BCUT2D eigenvalue weighted by Crippen LogP contribution is 2.41. The highest BCUT2D eigenvalue weighted by Gasteiger charge is 2.37. The van der Waals surface area contributed by atoms with Crippen LogP contribution in [-0.4, -0.2) is 47.0 Å². The molecule has 0 aromatic carbocycles. The molecule has 1 aliphatic carbocycles. The molecule has 2 unspecified atom stereocenters. The van der Waals surface area contributed by atoms with Crippen molar-refractivity contribution in [3.63, 3.8) is 0 Å². The minimum Gasteiger partial charge on any atom is -0.389 e. The van der Waals surface area contributed by atoms with Crippen LogP contribution in [0.4, 0.5) is 0 Å². The number of nitrogens with zero attached hydrogens (tertiary/aromatic N) is 1. The van der Waals surface area contributed by atoms with E-state index in [9.17, 15) is 10.2 Å². The summed E-state index contributed by atoms with van der Waals surface area (Å²) in [5, 5.41) is 18.7. The minimum absolute atomic E-state index is 0.462. The molecule has 2 N–H and O–H groups in total. The Morgan fingerprint density at radius 2 is 1.77 bits per heavy atom. The number of hydrogen-bond acceptors (Lipinski definition) is 3. The smallest absolute Gasteiger partial charge is 0.0938 e. The number of β-amino-alcohol motifs (C(OH)–C–C–N with tert-alkyl or cyclic N) is 2. The number of aliphatic hydroxyl groups excluding tert-OH is 2. The van der Waals surface area contributed by atoms with Crippen LogP contribution in [0.15, 0.2) is 0 Å². The zero-order valence-corrected chi connectivity index (χ0v) is 8.24. The van der Waals surface area contributed by atoms with Crippen LogP contribution in [0.25, 0.3) is 0 Å². The van der Waals surface area contributed by atoms with Gasteiger partial charge >= 0.3 is 0 Å². The molecule has 0 spiro atoms. The molecule has 2 fully saturated rings. The molecule has 13 heavy (non-hydrogen) atoms. The molecule has 1 heterocycles. The maximum atomic E-state index is 9.36. The predicted octanol–water partition coefficient (Wildman–Crippen LogP) is 0.214. The van der Waals surface area contributed by atoms with Gasteiger partial charge < -0.3 is 10.2 Å². The second kappa shape index (κ2) is 3.23. The van der Waals surface area contributed by atoms with E-state index in [1.165, 1.54) is 19.3 Å². The molecule has 3 nitrogen and oxygen atoms in total. The Labute approximate surface area is 79.4 Å². The van der Waals surface area contributed by atoms with Gasteiger partial charge in [0.1, 0.15) is 0 Å². The van der Waals surface area contributed by atoms with Crippen molar-refractivity contribution >= 4 is 0 Å². The van der Waals surface area contributed by atoms with Gasteiger partial charge in [0, 0.05) is 19.6 Å². The van der Waals surface area contributed by atoms with Gasteiger partial charge in [0.15, 0.2) is 0 Å². The van der Waals surface area contributed by atoms with Gasteiger partial charge in [0.25, 0.3) is 0 Å². The van der Waals surface area contributed by atoms with Crippen molar-refractivity contribution in [1.82, 2.24) is 4.90 Å². The Kier molecular flexibility index (Phi) is 2.34. The summed E-state index contributed by atoms with van der Waals surface area (Å²) < 4.78 is 0. The fourth-order valence-electron chi connectivity index (χ4n) is 2.45. The normalized spacial score (nSPS) is 39.0. The van der Waals surface area contributed by atoms with Crippen LogP contribution in [0.5, 0.6) is 0 Å². The fourth-order valence-corrected chi connectivity index (χ4v) is 2.45. The van der Waals surface area contributed by atoms with E-state index in [-0.39, 0.29) is 0 Å². The van der Waals surface area contributed by atoms with E-state index in [1.807, 2.05) is 0 Å². The summed E-state index contributed by atoms with van der Waals surface area (Å²) in [4.78, 5) is 2.19. The lowest BCUT2D eigenvalue weighted by Crippen LogP contribution is -2.39. The lowest BCUT2D eigenvalue weighted by molar-refractivity contribution is 0.0572. The van der Waals surface area contributed by atoms with Gasteiger partial charge in [-0.15, -0.1) is 0 Å². The zero-order chi connectivity index (χ0) is 9.47. The summed E-state index contributed by atoms with van der Waals surface area (Å²) in [6, 6.07) is 0. The second-order valence-electron chi connectivity index (χ2n) is 4.99. The fraction of sp³-hybridized carbons (Fsp3) is 1.00. The van der Waals surface area contributed by atoms with Gasteiger partial charge in [-0.25, -0.2) is 0 Å². The van der Waals surface area contributed by atoms with Crippen molar-refractivity contribution in [2.45, 2.75) is 38.4 Å². The standard InChI is InChI=1S/C10H19NO2/c1-10(3-2-4-10)7-11-5-8(12)9(13)6-11/h8-9,12-13H,2-7H2,1H3. The van der Waals surface area contributed by atoms with E-state index < -0.39 is 12.2 Å². The maximum absolute atomic E-state index is 9.36. The topological polar surface area (TPSA) is 43.7 Å². The Bertz CT molecular complexity index is 181. The summed E-state index contributed by atoms with van der Waals surface area (Å²) in [5.74, 6) is 0. The quantitative estimate of drug-likeness (QED) is 0.646. The molecular weight excluding hydrogens is 166 g/mol. The molecule has 0 amide bonds. The number of aliphatic hydroxyl groups is 2. The van der Waals surface area contributed by atoms with Crippen LogP contribution in [-0.2, 0) is 0 Å². The summed E-state index contributed by atoms with van der Waals surface area (Å²) in [6.45, 7) is 4.64. The van der Waals surface area contributed by atoms with E-state index in [0.717, 1.165) is 6.54 Å². The molecule has 0 bridgehead atoms. The summed E-state index contributed by atoms with van der Waals surface area (Å²) >= 11 is 0. The predicted molar refractivity (Wildman–Crippen MR) is 50.4 cm³/mol. The van der Waals surface area contributed by atoms with Gasteiger partial charge in [0.05, 0.1) is 12.2 Å². The van der Waals surface area contributed by atoms with E-state index in [4.69, 9.17) is 0 Å². The third-order valence-corrected chi connectivity index (χ3v) is 3.50. The molecule has 76 valence electrons. The molecule has 2 aliphatic rings. The largest absolute Gasteiger partial charge is 0.389 e. The van der Waals surface area contributed by atoms with Crippen LogP contribution in [0.1, 0.15) is 26.2 Å². The lowest BCUT2D eigenvalue weighted by atomic mass is 9.70. The highest BCUT2D eigenvalue weighted by molar-refractivity contribution is 4.91. The summed E-state index contributed by atoms with van der Waals surface area (Å²) in [6.07, 6.45) is 2.90. The molecule has 2 atom stereocenters. The average Bonchev–Trinajstić information content (AvgIpc) is 2.28. The van der Waals surface area contributed by atoms with Crippen LogP contribution < -0.4 is 0 Å². The molecule has 0 aromatic rings. The Hall–Kier alpha value is -0.120. The third kappa shape index (κ3) is 1.87. The first-order valence-corrected chi connectivity index (χ1v) is 5.18. The van der Waals surface area contributed by atoms with Gasteiger partial charge in [-0.05, 0) is 18.3 Å². The second-order valence-corrected chi connectivity index (χ2v) is 4.99. The SMILES string of the molecule is CC1(CN2CC(O)C(O)C2)CCC1. The molecule has 1 saturated heterocycles. The molecule has 3 heteroatoms. The minimum atomic E-state index is -0.524. The van der Waals surface area contributed by atoms with Gasteiger partial charge in [0.2, 0.25) is 0 Å². The Morgan fingerprint density at radius 1 is 1.23 bits per heavy atom. The van der Waals surface area contributed by atoms with Crippen LogP contribution in [0.2, 0.25) is 0 Å². The highest BCUT2D eigenvalue weighted by atomic mass is 16.3. The molecule has 1 aliphatic heterocycles. The molecular formula is C10H19NO2. The first-order chi connectivity index (χ1) is 6.09. The van der Waals surface area contributed by atoms with Gasteiger partial charge in [-0.1, -0.05) is 13.3 Å². The van der Waals surface area contributed by atoms with Crippen molar-refractivity contribution in [2.75, 3.05) is 19.6 Å². The van der Waals surface area contributed by atoms with Crippen molar-refractivity contribution < 1.29 is 10.2 Å². The van der Waals surface area contributed by atoms with Crippen molar-refractivity contribution in [3.05, 3.63) is 0 Å². The number of rotatable bonds is 2. The molecule has 0 aromatic heterocycles. The van der Waals surface area contributed by atoms with Gasteiger partial charge in [-0.2, -0.15) is 0 Å². The Morgan fingerprint density at radius 3 is 2.15 bits per heavy atom. The van der Waals surface area contributed by atoms with Crippen LogP contribution in [0.3, 0.4) is 0 Å². The van der Waals surface area contributed by atoms with Crippen LogP contribution in [0, 0.1) is 5.41 Å². The lowest BCUT2D eigenvalue weighted by Gasteiger charge is -2.41. The summed E-state index contributed by atoms with van der Waals surface area (Å²) in [7, 11) is 0. The van der Waals surface area contributed by atoms with E-state index >= 15 is 0 Å².